The van der Waals surface area contributed by atoms with Gasteiger partial charge in [-0.2, -0.15) is 0 Å². The first-order chi connectivity index (χ1) is 5.61. The summed E-state index contributed by atoms with van der Waals surface area (Å²) in [6.07, 6.45) is 0. The monoisotopic (exact) mass is 201 g/mol. The van der Waals surface area contributed by atoms with E-state index in [1.54, 1.807) is 19.1 Å². The van der Waals surface area contributed by atoms with E-state index in [9.17, 15) is 4.79 Å². The number of halogens is 1. The zero-order valence-corrected chi connectivity index (χ0v) is 8.04. The lowest BCUT2D eigenvalue weighted by molar-refractivity contribution is 0.0967. The number of hydrogen-bond acceptors (Lipinski definition) is 3. The second-order valence-electron chi connectivity index (χ2n) is 2.70. The normalized spacial score (nSPS) is 11.5. The molecule has 0 saturated heterocycles. The number of benzene rings is 1. The third-order valence-electron chi connectivity index (χ3n) is 1.54. The molecule has 0 amide bonds. The summed E-state index contributed by atoms with van der Waals surface area (Å²) >= 11 is 0. The van der Waals surface area contributed by atoms with Gasteiger partial charge in [0.25, 0.3) is 0 Å². The van der Waals surface area contributed by atoms with E-state index in [2.05, 4.69) is 0 Å². The summed E-state index contributed by atoms with van der Waals surface area (Å²) in [7, 11) is 0. The van der Waals surface area contributed by atoms with Crippen molar-refractivity contribution >= 4 is 18.2 Å². The van der Waals surface area contributed by atoms with E-state index in [1.807, 2.05) is 0 Å². The van der Waals surface area contributed by atoms with E-state index in [-0.39, 0.29) is 23.9 Å². The first-order valence-electron chi connectivity index (χ1n) is 3.70. The number of aromatic hydroxyl groups is 1. The summed E-state index contributed by atoms with van der Waals surface area (Å²) in [6, 6.07) is 5.65. The lowest BCUT2D eigenvalue weighted by Gasteiger charge is -2.03. The van der Waals surface area contributed by atoms with Crippen LogP contribution in [0.15, 0.2) is 24.3 Å². The van der Waals surface area contributed by atoms with Gasteiger partial charge >= 0.3 is 0 Å². The number of carbonyl (C=O) groups is 1. The number of ketones is 1. The molecule has 1 aromatic rings. The van der Waals surface area contributed by atoms with Crippen LogP contribution < -0.4 is 5.73 Å². The van der Waals surface area contributed by atoms with Crippen LogP contribution in [-0.4, -0.2) is 16.9 Å². The first-order valence-corrected chi connectivity index (χ1v) is 3.70. The maximum atomic E-state index is 11.3. The van der Waals surface area contributed by atoms with Crippen molar-refractivity contribution in [3.63, 3.8) is 0 Å². The molecule has 0 fully saturated rings. The second kappa shape index (κ2) is 4.84. The van der Waals surface area contributed by atoms with Crippen molar-refractivity contribution in [1.29, 1.82) is 0 Å². The average Bonchev–Trinajstić information content (AvgIpc) is 2.03. The molecule has 1 atom stereocenters. The highest BCUT2D eigenvalue weighted by atomic mass is 35.5. The van der Waals surface area contributed by atoms with Gasteiger partial charge in [0, 0.05) is 5.56 Å². The van der Waals surface area contributed by atoms with Crippen molar-refractivity contribution in [3.8, 4) is 5.75 Å². The van der Waals surface area contributed by atoms with Gasteiger partial charge in [0.1, 0.15) is 5.75 Å². The lowest BCUT2D eigenvalue weighted by Crippen LogP contribution is -2.26. The molecule has 3 nitrogen and oxygen atoms in total. The third kappa shape index (κ3) is 3.05. The van der Waals surface area contributed by atoms with Crippen LogP contribution in [0.1, 0.15) is 17.3 Å². The number of Topliss-reactive ketones (excluding diaryl/α,β-unsaturated/α-hetero) is 1. The molecule has 0 heterocycles. The maximum absolute atomic E-state index is 11.3. The Morgan fingerprint density at radius 2 is 2.15 bits per heavy atom. The molecule has 0 aromatic heterocycles. The van der Waals surface area contributed by atoms with E-state index in [0.717, 1.165) is 0 Å². The Bertz CT molecular complexity index is 299. The topological polar surface area (TPSA) is 63.3 Å². The van der Waals surface area contributed by atoms with Gasteiger partial charge in [0.2, 0.25) is 0 Å². The smallest absolute Gasteiger partial charge is 0.179 e. The number of carbonyl (C=O) groups excluding carboxylic acids is 1. The number of hydrogen-bond donors (Lipinski definition) is 2. The molecule has 0 aliphatic rings. The van der Waals surface area contributed by atoms with Crippen molar-refractivity contribution in [3.05, 3.63) is 29.8 Å². The minimum absolute atomic E-state index is 0. The molecule has 0 spiro atoms. The molecule has 0 saturated carbocycles. The van der Waals surface area contributed by atoms with Crippen LogP contribution in [0.25, 0.3) is 0 Å². The van der Waals surface area contributed by atoms with Crippen molar-refractivity contribution in [2.24, 2.45) is 5.73 Å². The minimum atomic E-state index is -0.521. The van der Waals surface area contributed by atoms with Crippen LogP contribution in [0.4, 0.5) is 0 Å². The number of nitrogens with two attached hydrogens (primary N) is 1. The first kappa shape index (κ1) is 11.9. The van der Waals surface area contributed by atoms with E-state index in [4.69, 9.17) is 10.8 Å². The van der Waals surface area contributed by atoms with Crippen LogP contribution in [0.5, 0.6) is 5.75 Å². The number of phenols is 1. The van der Waals surface area contributed by atoms with Gasteiger partial charge in [0.15, 0.2) is 5.78 Å². The van der Waals surface area contributed by atoms with Crippen LogP contribution in [0.3, 0.4) is 0 Å². The quantitative estimate of drug-likeness (QED) is 0.710. The molecule has 0 aliphatic heterocycles. The van der Waals surface area contributed by atoms with E-state index < -0.39 is 6.04 Å². The Morgan fingerprint density at radius 1 is 1.54 bits per heavy atom. The van der Waals surface area contributed by atoms with E-state index in [1.165, 1.54) is 12.1 Å². The summed E-state index contributed by atoms with van der Waals surface area (Å²) in [5.41, 5.74) is 5.84. The molecule has 1 aromatic carbocycles. The van der Waals surface area contributed by atoms with Crippen LogP contribution >= 0.6 is 12.4 Å². The standard InChI is InChI=1S/C9H11NO2.ClH/c1-6(10)9(12)7-3-2-4-8(11)5-7;/h2-6,11H,10H2,1H3;1H/t6-;/m0./s1. The highest BCUT2D eigenvalue weighted by Gasteiger charge is 2.10. The van der Waals surface area contributed by atoms with E-state index >= 15 is 0 Å². The Labute approximate surface area is 83.0 Å². The van der Waals surface area contributed by atoms with Gasteiger partial charge in [-0.1, -0.05) is 12.1 Å². The summed E-state index contributed by atoms with van der Waals surface area (Å²) in [5.74, 6) is -0.0765. The maximum Gasteiger partial charge on any atom is 0.179 e. The van der Waals surface area contributed by atoms with Crippen LogP contribution in [0.2, 0.25) is 0 Å². The summed E-state index contributed by atoms with van der Waals surface area (Å²) in [5, 5.41) is 9.05. The highest BCUT2D eigenvalue weighted by Crippen LogP contribution is 2.11. The summed E-state index contributed by atoms with van der Waals surface area (Å²) < 4.78 is 0. The number of rotatable bonds is 2. The molecule has 0 radical (unpaired) electrons. The van der Waals surface area contributed by atoms with Gasteiger partial charge in [-0.15, -0.1) is 12.4 Å². The van der Waals surface area contributed by atoms with Crippen LogP contribution in [-0.2, 0) is 0 Å². The van der Waals surface area contributed by atoms with Crippen LogP contribution in [0, 0.1) is 0 Å². The molecule has 0 aliphatic carbocycles. The van der Waals surface area contributed by atoms with Gasteiger partial charge in [-0.3, -0.25) is 4.79 Å². The zero-order valence-electron chi connectivity index (χ0n) is 7.23. The van der Waals surface area contributed by atoms with Crippen molar-refractivity contribution in [2.45, 2.75) is 13.0 Å². The fraction of sp³-hybridized carbons (Fsp3) is 0.222. The fourth-order valence-electron chi connectivity index (χ4n) is 0.922. The van der Waals surface area contributed by atoms with Gasteiger partial charge in [-0.05, 0) is 19.1 Å². The predicted molar refractivity (Wildman–Crippen MR) is 53.3 cm³/mol. The second-order valence-corrected chi connectivity index (χ2v) is 2.70. The van der Waals surface area contributed by atoms with E-state index in [0.29, 0.717) is 5.56 Å². The van der Waals surface area contributed by atoms with Crippen molar-refractivity contribution in [2.75, 3.05) is 0 Å². The Hall–Kier alpha value is -1.06. The third-order valence-corrected chi connectivity index (χ3v) is 1.54. The largest absolute Gasteiger partial charge is 0.508 e. The Morgan fingerprint density at radius 3 is 2.62 bits per heavy atom. The molecule has 1 rings (SSSR count). The van der Waals surface area contributed by atoms with Gasteiger partial charge in [-0.25, -0.2) is 0 Å². The molecule has 4 heteroatoms. The average molecular weight is 202 g/mol. The molecule has 0 bridgehead atoms. The predicted octanol–water partition coefficient (Wildman–Crippen LogP) is 1.34. The minimum Gasteiger partial charge on any atom is -0.508 e. The molecular weight excluding hydrogens is 190 g/mol. The molecule has 13 heavy (non-hydrogen) atoms. The Kier molecular flexibility index (Phi) is 4.45. The number of phenolic OH excluding ortho intramolecular Hbond substituents is 1. The van der Waals surface area contributed by atoms with Crippen molar-refractivity contribution in [1.82, 2.24) is 0 Å². The zero-order chi connectivity index (χ0) is 9.14. The van der Waals surface area contributed by atoms with Gasteiger partial charge in [0.05, 0.1) is 6.04 Å². The van der Waals surface area contributed by atoms with Gasteiger partial charge < -0.3 is 10.8 Å². The summed E-state index contributed by atoms with van der Waals surface area (Å²) in [6.45, 7) is 1.62. The summed E-state index contributed by atoms with van der Waals surface area (Å²) in [4.78, 5) is 11.3. The molecule has 3 N–H and O–H groups in total. The molecule has 72 valence electrons. The molecular formula is C9H12ClNO2. The fourth-order valence-corrected chi connectivity index (χ4v) is 0.922. The molecule has 0 unspecified atom stereocenters. The SMILES string of the molecule is C[C@H](N)C(=O)c1cccc(O)c1.Cl. The Balaban J connectivity index is 0.00000144. The lowest BCUT2D eigenvalue weighted by atomic mass is 10.1. The van der Waals surface area contributed by atoms with Crippen molar-refractivity contribution < 1.29 is 9.90 Å². The highest BCUT2D eigenvalue weighted by molar-refractivity contribution is 5.99.